The molecule has 0 bridgehead atoms. The van der Waals surface area contributed by atoms with Crippen LogP contribution in [0.15, 0.2) is 29.4 Å². The van der Waals surface area contributed by atoms with Gasteiger partial charge >= 0.3 is 0 Å². The molecule has 162 valence electrons. The summed E-state index contributed by atoms with van der Waals surface area (Å²) in [5.41, 5.74) is 0.981. The number of anilines is 1. The molecule has 0 unspecified atom stereocenters. The number of ether oxygens (including phenoxy) is 1. The minimum absolute atomic E-state index is 0.0360. The molecule has 2 aromatic rings. The molecule has 2 fully saturated rings. The molecule has 2 saturated heterocycles. The van der Waals surface area contributed by atoms with Gasteiger partial charge in [-0.1, -0.05) is 35.5 Å². The molecule has 9 heteroatoms. The van der Waals surface area contributed by atoms with E-state index in [0.29, 0.717) is 17.3 Å². The summed E-state index contributed by atoms with van der Waals surface area (Å²) in [5.74, 6) is 1.17. The monoisotopic (exact) mass is 449 g/mol. The van der Waals surface area contributed by atoms with Gasteiger partial charge in [-0.15, -0.1) is 10.2 Å². The summed E-state index contributed by atoms with van der Waals surface area (Å²) in [5, 5.41) is 13.3. The minimum Gasteiger partial charge on any atom is -0.376 e. The zero-order valence-electron chi connectivity index (χ0n) is 17.1. The van der Waals surface area contributed by atoms with Crippen LogP contribution in [-0.4, -0.2) is 52.2 Å². The van der Waals surface area contributed by atoms with Gasteiger partial charge in [-0.3, -0.25) is 9.36 Å². The number of nitrogens with zero attached hydrogens (tertiary/aromatic N) is 4. The Labute approximate surface area is 186 Å². The third kappa shape index (κ3) is 5.68. The van der Waals surface area contributed by atoms with Gasteiger partial charge in [-0.05, 0) is 49.8 Å². The van der Waals surface area contributed by atoms with Crippen LogP contribution in [0, 0.1) is 0 Å². The number of rotatable bonds is 8. The maximum Gasteiger partial charge on any atom is 0.230 e. The predicted octanol–water partition coefficient (Wildman–Crippen LogP) is 3.51. The van der Waals surface area contributed by atoms with Gasteiger partial charge in [0.2, 0.25) is 11.9 Å². The maximum absolute atomic E-state index is 12.4. The van der Waals surface area contributed by atoms with E-state index in [2.05, 4.69) is 25.0 Å². The van der Waals surface area contributed by atoms with Crippen LogP contribution in [0.25, 0.3) is 0 Å². The number of carbonyl (C=O) groups is 1. The van der Waals surface area contributed by atoms with Gasteiger partial charge in [0.15, 0.2) is 5.16 Å². The van der Waals surface area contributed by atoms with E-state index < -0.39 is 0 Å². The summed E-state index contributed by atoms with van der Waals surface area (Å²) in [6.07, 6.45) is 5.98. The Morgan fingerprint density at radius 1 is 1.23 bits per heavy atom. The van der Waals surface area contributed by atoms with Crippen molar-refractivity contribution >= 4 is 35.2 Å². The lowest BCUT2D eigenvalue weighted by Gasteiger charge is -2.28. The zero-order chi connectivity index (χ0) is 20.8. The van der Waals surface area contributed by atoms with Crippen LogP contribution in [0.3, 0.4) is 0 Å². The van der Waals surface area contributed by atoms with Crippen molar-refractivity contribution in [2.75, 3.05) is 30.3 Å². The third-order valence-corrected chi connectivity index (χ3v) is 6.66. The fourth-order valence-electron chi connectivity index (χ4n) is 3.90. The largest absolute Gasteiger partial charge is 0.376 e. The average molecular weight is 450 g/mol. The quantitative estimate of drug-likeness (QED) is 0.622. The minimum atomic E-state index is -0.0360. The Hall–Kier alpha value is -1.77. The Morgan fingerprint density at radius 2 is 2.10 bits per heavy atom. The molecule has 3 heterocycles. The summed E-state index contributed by atoms with van der Waals surface area (Å²) in [6.45, 7) is 4.04. The molecule has 0 spiro atoms. The first-order valence-corrected chi connectivity index (χ1v) is 12.0. The number of nitrogens with one attached hydrogen (secondary N) is 1. The van der Waals surface area contributed by atoms with Gasteiger partial charge in [0.25, 0.3) is 0 Å². The van der Waals surface area contributed by atoms with E-state index in [1.807, 2.05) is 24.3 Å². The number of piperidine rings is 1. The van der Waals surface area contributed by atoms with Gasteiger partial charge in [0.05, 0.1) is 18.4 Å². The van der Waals surface area contributed by atoms with Crippen molar-refractivity contribution < 1.29 is 9.53 Å². The van der Waals surface area contributed by atoms with Crippen molar-refractivity contribution in [1.29, 1.82) is 0 Å². The molecule has 1 aromatic heterocycles. The Kier molecular flexibility index (Phi) is 7.52. The van der Waals surface area contributed by atoms with E-state index in [9.17, 15) is 4.79 Å². The van der Waals surface area contributed by atoms with Crippen LogP contribution < -0.4 is 10.2 Å². The number of carbonyl (C=O) groups excluding carboxylic acids is 1. The normalized spacial score (nSPS) is 19.2. The number of amides is 1. The third-order valence-electron chi connectivity index (χ3n) is 5.46. The molecule has 0 radical (unpaired) electrons. The molecule has 1 amide bonds. The number of thioether (sulfide) groups is 1. The number of hydrogen-bond acceptors (Lipinski definition) is 6. The van der Waals surface area contributed by atoms with E-state index in [1.165, 1.54) is 31.0 Å². The van der Waals surface area contributed by atoms with Crippen molar-refractivity contribution in [3.05, 3.63) is 34.9 Å². The van der Waals surface area contributed by atoms with Gasteiger partial charge < -0.3 is 15.0 Å². The molecule has 0 saturated carbocycles. The number of hydrogen-bond donors (Lipinski definition) is 1. The van der Waals surface area contributed by atoms with Gasteiger partial charge in [-0.25, -0.2) is 0 Å². The number of aromatic nitrogens is 3. The molecule has 7 nitrogen and oxygen atoms in total. The summed E-state index contributed by atoms with van der Waals surface area (Å²) < 4.78 is 8.00. The molecular weight excluding hydrogens is 422 g/mol. The van der Waals surface area contributed by atoms with Crippen LogP contribution in [0.1, 0.15) is 37.7 Å². The summed E-state index contributed by atoms with van der Waals surface area (Å²) in [6, 6.07) is 7.51. The molecule has 1 aromatic carbocycles. The summed E-state index contributed by atoms with van der Waals surface area (Å²) in [4.78, 5) is 14.7. The highest BCUT2D eigenvalue weighted by atomic mass is 35.5. The topological polar surface area (TPSA) is 72.3 Å². The fourth-order valence-corrected chi connectivity index (χ4v) is 4.88. The average Bonchev–Trinajstić information content (AvgIpc) is 3.42. The molecule has 2 aliphatic rings. The van der Waals surface area contributed by atoms with Gasteiger partial charge in [0.1, 0.15) is 0 Å². The van der Waals surface area contributed by atoms with Crippen LogP contribution >= 0.6 is 23.4 Å². The molecular formula is C21H28ClN5O2S. The maximum atomic E-state index is 12.4. The van der Waals surface area contributed by atoms with Gasteiger partial charge in [0, 0.05) is 31.3 Å². The predicted molar refractivity (Wildman–Crippen MR) is 119 cm³/mol. The van der Waals surface area contributed by atoms with Crippen molar-refractivity contribution in [2.24, 2.45) is 0 Å². The molecule has 4 rings (SSSR count). The molecule has 2 aliphatic heterocycles. The van der Waals surface area contributed by atoms with Gasteiger partial charge in [-0.2, -0.15) is 0 Å². The second-order valence-electron chi connectivity index (χ2n) is 7.77. The highest BCUT2D eigenvalue weighted by Crippen LogP contribution is 2.27. The van der Waals surface area contributed by atoms with Crippen molar-refractivity contribution in [3.8, 4) is 0 Å². The first-order valence-electron chi connectivity index (χ1n) is 10.6. The van der Waals surface area contributed by atoms with Crippen LogP contribution in [0.4, 0.5) is 5.95 Å². The van der Waals surface area contributed by atoms with E-state index in [4.69, 9.17) is 16.3 Å². The lowest BCUT2D eigenvalue weighted by Crippen LogP contribution is -2.33. The standard InChI is InChI=1S/C21H28ClN5O2S/c22-17-7-4-6-16(12-17)13-23-19(28)15-30-21-25-24-20(26-9-2-1-3-10-26)27(21)14-18-8-5-11-29-18/h4,6-7,12,18H,1-3,5,8-11,13-15H2,(H,23,28)/t18-/m0/s1. The highest BCUT2D eigenvalue weighted by molar-refractivity contribution is 7.99. The number of halogens is 1. The highest BCUT2D eigenvalue weighted by Gasteiger charge is 2.25. The molecule has 1 atom stereocenters. The van der Waals surface area contributed by atoms with E-state index >= 15 is 0 Å². The van der Waals surface area contributed by atoms with E-state index in [-0.39, 0.29) is 12.0 Å². The molecule has 30 heavy (non-hydrogen) atoms. The van der Waals surface area contributed by atoms with Crippen LogP contribution in [0.2, 0.25) is 5.02 Å². The lowest BCUT2D eigenvalue weighted by molar-refractivity contribution is -0.118. The van der Waals surface area contributed by atoms with Crippen molar-refractivity contribution in [1.82, 2.24) is 20.1 Å². The molecule has 0 aliphatic carbocycles. The van der Waals surface area contributed by atoms with Crippen molar-refractivity contribution in [3.63, 3.8) is 0 Å². The Bertz CT molecular complexity index is 850. The SMILES string of the molecule is O=C(CSc1nnc(N2CCCCC2)n1C[C@@H]1CCCO1)NCc1cccc(Cl)c1. The second-order valence-corrected chi connectivity index (χ2v) is 9.15. The zero-order valence-corrected chi connectivity index (χ0v) is 18.6. The molecule has 1 N–H and O–H groups in total. The Morgan fingerprint density at radius 3 is 2.87 bits per heavy atom. The van der Waals surface area contributed by atoms with E-state index in [1.54, 1.807) is 0 Å². The van der Waals surface area contributed by atoms with Crippen LogP contribution in [-0.2, 0) is 22.6 Å². The number of benzene rings is 1. The van der Waals surface area contributed by atoms with Crippen molar-refractivity contribution in [2.45, 2.75) is 56.5 Å². The first kappa shape index (κ1) is 21.5. The first-order chi connectivity index (χ1) is 14.7. The van der Waals surface area contributed by atoms with Crippen LogP contribution in [0.5, 0.6) is 0 Å². The van der Waals surface area contributed by atoms with E-state index in [0.717, 1.165) is 55.8 Å². The fraction of sp³-hybridized carbons (Fsp3) is 0.571. The second kappa shape index (κ2) is 10.5. The summed E-state index contributed by atoms with van der Waals surface area (Å²) in [7, 11) is 0. The lowest BCUT2D eigenvalue weighted by atomic mass is 10.1. The summed E-state index contributed by atoms with van der Waals surface area (Å²) >= 11 is 7.44. The Balaban J connectivity index is 1.38. The smallest absolute Gasteiger partial charge is 0.230 e.